The molecule has 3 rings (SSSR count). The molecule has 5 heteroatoms. The van der Waals surface area contributed by atoms with Gasteiger partial charge in [0.2, 0.25) is 5.95 Å². The molecule has 5 nitrogen and oxygen atoms in total. The molecule has 136 valence electrons. The molecule has 0 aliphatic carbocycles. The Morgan fingerprint density at radius 3 is 2.58 bits per heavy atom. The highest BCUT2D eigenvalue weighted by Gasteiger charge is 2.11. The van der Waals surface area contributed by atoms with Crippen molar-refractivity contribution in [2.75, 3.05) is 24.7 Å². The van der Waals surface area contributed by atoms with Crippen LogP contribution in [0.2, 0.25) is 0 Å². The molecule has 0 bridgehead atoms. The second-order valence-electron chi connectivity index (χ2n) is 6.37. The number of hydrogen-bond donors (Lipinski definition) is 2. The topological polar surface area (TPSA) is 73.1 Å². The van der Waals surface area contributed by atoms with Gasteiger partial charge in [0.25, 0.3) is 0 Å². The van der Waals surface area contributed by atoms with Gasteiger partial charge in [0.15, 0.2) is 0 Å². The van der Waals surface area contributed by atoms with Crippen LogP contribution >= 0.6 is 0 Å². The Hall–Kier alpha value is -2.82. The van der Waals surface area contributed by atoms with Crippen LogP contribution in [-0.2, 0) is 12.8 Å². The lowest BCUT2D eigenvalue weighted by molar-refractivity contribution is 0.414. The van der Waals surface area contributed by atoms with Crippen molar-refractivity contribution >= 4 is 22.7 Å². The van der Waals surface area contributed by atoms with Crippen molar-refractivity contribution in [3.05, 3.63) is 53.6 Å². The number of ether oxygens (including phenoxy) is 1. The zero-order chi connectivity index (χ0) is 18.4. The number of fused-ring (bicyclic) bond motifs is 1. The van der Waals surface area contributed by atoms with E-state index in [4.69, 9.17) is 10.5 Å². The zero-order valence-corrected chi connectivity index (χ0v) is 15.5. The summed E-state index contributed by atoms with van der Waals surface area (Å²) in [6.07, 6.45) is 4.09. The molecule has 3 N–H and O–H groups in total. The zero-order valence-electron chi connectivity index (χ0n) is 15.5. The molecule has 0 saturated heterocycles. The molecule has 1 heterocycles. The van der Waals surface area contributed by atoms with E-state index < -0.39 is 0 Å². The second kappa shape index (κ2) is 8.52. The van der Waals surface area contributed by atoms with Crippen molar-refractivity contribution in [3.8, 4) is 5.75 Å². The summed E-state index contributed by atoms with van der Waals surface area (Å²) in [6, 6.07) is 14.4. The van der Waals surface area contributed by atoms with Gasteiger partial charge in [0.1, 0.15) is 11.6 Å². The number of aromatic nitrogens is 2. The average Bonchev–Trinajstić information content (AvgIpc) is 2.66. The average molecular weight is 350 g/mol. The Balaban J connectivity index is 1.86. The summed E-state index contributed by atoms with van der Waals surface area (Å²) < 4.78 is 5.23. The van der Waals surface area contributed by atoms with Crippen molar-refractivity contribution in [2.45, 2.75) is 32.6 Å². The van der Waals surface area contributed by atoms with Crippen LogP contribution in [0.1, 0.15) is 30.9 Å². The molecule has 0 fully saturated rings. The number of nitrogens with two attached hydrogens (primary N) is 1. The Labute approximate surface area is 154 Å². The fourth-order valence-electron chi connectivity index (χ4n) is 3.06. The number of nitrogen functional groups attached to an aromatic ring is 1. The molecule has 0 spiro atoms. The summed E-state index contributed by atoms with van der Waals surface area (Å²) in [6.45, 7) is 3.06. The molecule has 0 aliphatic rings. The molecule has 0 aliphatic heterocycles. The largest absolute Gasteiger partial charge is 0.497 e. The molecule has 0 amide bonds. The van der Waals surface area contributed by atoms with E-state index in [-0.39, 0.29) is 0 Å². The van der Waals surface area contributed by atoms with Gasteiger partial charge >= 0.3 is 0 Å². The first-order valence-corrected chi connectivity index (χ1v) is 9.13. The Morgan fingerprint density at radius 2 is 1.85 bits per heavy atom. The fraction of sp³-hybridized carbons (Fsp3) is 0.333. The van der Waals surface area contributed by atoms with Crippen LogP contribution in [0.3, 0.4) is 0 Å². The predicted octanol–water partition coefficient (Wildman–Crippen LogP) is 4.22. The van der Waals surface area contributed by atoms with E-state index in [1.807, 2.05) is 24.3 Å². The minimum Gasteiger partial charge on any atom is -0.497 e. The van der Waals surface area contributed by atoms with Crippen molar-refractivity contribution in [1.82, 2.24) is 9.97 Å². The number of nitrogens with zero attached hydrogens (tertiary/aromatic N) is 2. The highest BCUT2D eigenvalue weighted by Crippen LogP contribution is 2.26. The van der Waals surface area contributed by atoms with E-state index in [1.54, 1.807) is 7.11 Å². The smallest absolute Gasteiger partial charge is 0.222 e. The third-order valence-corrected chi connectivity index (χ3v) is 4.49. The van der Waals surface area contributed by atoms with Crippen LogP contribution in [-0.4, -0.2) is 23.6 Å². The molecule has 0 radical (unpaired) electrons. The summed E-state index contributed by atoms with van der Waals surface area (Å²) in [5, 5.41) is 4.51. The predicted molar refractivity (Wildman–Crippen MR) is 108 cm³/mol. The van der Waals surface area contributed by atoms with Gasteiger partial charge in [-0.15, -0.1) is 0 Å². The molecular formula is C21H26N4O. The number of anilines is 2. The lowest BCUT2D eigenvalue weighted by Gasteiger charge is -2.13. The van der Waals surface area contributed by atoms with Crippen molar-refractivity contribution < 1.29 is 4.74 Å². The monoisotopic (exact) mass is 350 g/mol. The van der Waals surface area contributed by atoms with E-state index >= 15 is 0 Å². The van der Waals surface area contributed by atoms with Gasteiger partial charge in [-0.3, -0.25) is 0 Å². The van der Waals surface area contributed by atoms with E-state index in [9.17, 15) is 0 Å². The Kier molecular flexibility index (Phi) is 5.89. The van der Waals surface area contributed by atoms with E-state index in [0.29, 0.717) is 5.95 Å². The third-order valence-electron chi connectivity index (χ3n) is 4.49. The first-order chi connectivity index (χ1) is 12.7. The molecule has 26 heavy (non-hydrogen) atoms. The Morgan fingerprint density at radius 1 is 1.04 bits per heavy atom. The first-order valence-electron chi connectivity index (χ1n) is 9.13. The molecule has 2 aromatic carbocycles. The number of benzene rings is 2. The molecule has 0 saturated carbocycles. The van der Waals surface area contributed by atoms with Gasteiger partial charge in [-0.25, -0.2) is 4.98 Å². The SMILES string of the molecule is CCCCNc1nc(N)nc2cccc(CCc3ccc(OC)cc3)c12. The standard InChI is InChI=1S/C21H26N4O/c1-3-4-14-23-20-19-16(6-5-7-18(19)24-21(22)25-20)11-8-15-9-12-17(26-2)13-10-15/h5-7,9-10,12-13H,3-4,8,11,14H2,1-2H3,(H3,22,23,24,25). The number of aryl methyl sites for hydroxylation is 2. The fourth-order valence-corrected chi connectivity index (χ4v) is 3.06. The maximum absolute atomic E-state index is 5.90. The molecule has 0 atom stereocenters. The molecular weight excluding hydrogens is 324 g/mol. The third kappa shape index (κ3) is 4.23. The van der Waals surface area contributed by atoms with Crippen LogP contribution in [0.25, 0.3) is 10.9 Å². The van der Waals surface area contributed by atoms with Crippen molar-refractivity contribution in [3.63, 3.8) is 0 Å². The summed E-state index contributed by atoms with van der Waals surface area (Å²) in [4.78, 5) is 8.86. The first kappa shape index (κ1) is 18.0. The van der Waals surface area contributed by atoms with Crippen LogP contribution in [0.15, 0.2) is 42.5 Å². The summed E-state index contributed by atoms with van der Waals surface area (Å²) >= 11 is 0. The van der Waals surface area contributed by atoms with Crippen LogP contribution < -0.4 is 15.8 Å². The summed E-state index contributed by atoms with van der Waals surface area (Å²) in [7, 11) is 1.68. The van der Waals surface area contributed by atoms with E-state index in [1.165, 1.54) is 11.1 Å². The van der Waals surface area contributed by atoms with Crippen molar-refractivity contribution in [2.24, 2.45) is 0 Å². The highest BCUT2D eigenvalue weighted by molar-refractivity contribution is 5.93. The van der Waals surface area contributed by atoms with Gasteiger partial charge in [-0.05, 0) is 48.6 Å². The number of unbranched alkanes of at least 4 members (excludes halogenated alkanes) is 1. The number of hydrogen-bond acceptors (Lipinski definition) is 5. The normalized spacial score (nSPS) is 10.8. The van der Waals surface area contributed by atoms with Crippen LogP contribution in [0.4, 0.5) is 11.8 Å². The van der Waals surface area contributed by atoms with Gasteiger partial charge in [0.05, 0.1) is 12.6 Å². The minimum atomic E-state index is 0.309. The van der Waals surface area contributed by atoms with Crippen LogP contribution in [0.5, 0.6) is 5.75 Å². The minimum absolute atomic E-state index is 0.309. The number of rotatable bonds is 8. The Bertz CT molecular complexity index is 862. The number of methoxy groups -OCH3 is 1. The lowest BCUT2D eigenvalue weighted by Crippen LogP contribution is -2.08. The van der Waals surface area contributed by atoms with Crippen LogP contribution in [0, 0.1) is 0 Å². The molecule has 3 aromatic rings. The van der Waals surface area contributed by atoms with Crippen molar-refractivity contribution in [1.29, 1.82) is 0 Å². The summed E-state index contributed by atoms with van der Waals surface area (Å²) in [5.41, 5.74) is 9.30. The second-order valence-corrected chi connectivity index (χ2v) is 6.37. The highest BCUT2D eigenvalue weighted by atomic mass is 16.5. The van der Waals surface area contributed by atoms with Gasteiger partial charge in [0, 0.05) is 11.9 Å². The van der Waals surface area contributed by atoms with E-state index in [2.05, 4.69) is 40.4 Å². The van der Waals surface area contributed by atoms with Gasteiger partial charge < -0.3 is 15.8 Å². The lowest BCUT2D eigenvalue weighted by atomic mass is 10.0. The maximum atomic E-state index is 5.90. The quantitative estimate of drug-likeness (QED) is 0.595. The molecule has 1 aromatic heterocycles. The van der Waals surface area contributed by atoms with E-state index in [0.717, 1.165) is 54.7 Å². The number of nitrogens with one attached hydrogen (secondary N) is 1. The molecule has 0 unspecified atom stereocenters. The van der Waals surface area contributed by atoms with Gasteiger partial charge in [-0.1, -0.05) is 37.6 Å². The van der Waals surface area contributed by atoms with Gasteiger partial charge in [-0.2, -0.15) is 4.98 Å². The summed E-state index contributed by atoms with van der Waals surface area (Å²) in [5.74, 6) is 2.03. The maximum Gasteiger partial charge on any atom is 0.222 e.